The first-order valence-electron chi connectivity index (χ1n) is 8.96. The lowest BCUT2D eigenvalue weighted by Gasteiger charge is -2.34. The van der Waals surface area contributed by atoms with Gasteiger partial charge in [0, 0.05) is 19.1 Å². The number of morpholine rings is 1. The van der Waals surface area contributed by atoms with Crippen molar-refractivity contribution >= 4 is 11.9 Å². The van der Waals surface area contributed by atoms with Crippen molar-refractivity contribution in [3.05, 3.63) is 35.9 Å². The van der Waals surface area contributed by atoms with E-state index in [1.807, 2.05) is 30.3 Å². The molecular weight excluding hydrogens is 304 g/mol. The fourth-order valence-corrected chi connectivity index (χ4v) is 3.59. The molecule has 5 heteroatoms. The van der Waals surface area contributed by atoms with Crippen molar-refractivity contribution in [3.8, 4) is 0 Å². The monoisotopic (exact) mass is 330 g/mol. The molecule has 2 aliphatic rings. The maximum Gasteiger partial charge on any atom is 0.323 e. The summed E-state index contributed by atoms with van der Waals surface area (Å²) in [6.07, 6.45) is 5.89. The number of esters is 1. The Morgan fingerprint density at radius 1 is 1.17 bits per heavy atom. The van der Waals surface area contributed by atoms with Gasteiger partial charge in [0.2, 0.25) is 5.91 Å². The van der Waals surface area contributed by atoms with Crippen molar-refractivity contribution in [3.63, 3.8) is 0 Å². The van der Waals surface area contributed by atoms with E-state index in [0.29, 0.717) is 19.7 Å². The lowest BCUT2D eigenvalue weighted by Crippen LogP contribution is -2.51. The smallest absolute Gasteiger partial charge is 0.323 e. The molecule has 0 radical (unpaired) electrons. The first-order chi connectivity index (χ1) is 11.7. The molecule has 2 fully saturated rings. The number of hydrogen-bond donors (Lipinski definition) is 1. The number of carbonyl (C=O) groups excluding carboxylic acids is 2. The maximum absolute atomic E-state index is 12.4. The molecule has 1 aromatic carbocycles. The number of benzene rings is 1. The number of cyclic esters (lactones) is 1. The number of rotatable bonds is 5. The quantitative estimate of drug-likeness (QED) is 0.841. The van der Waals surface area contributed by atoms with Crippen molar-refractivity contribution in [1.82, 2.24) is 10.2 Å². The molecule has 1 heterocycles. The number of nitrogens with one attached hydrogen (secondary N) is 1. The molecule has 24 heavy (non-hydrogen) atoms. The molecule has 5 nitrogen and oxygen atoms in total. The van der Waals surface area contributed by atoms with E-state index in [1.54, 1.807) is 0 Å². The van der Waals surface area contributed by atoms with Crippen LogP contribution in [-0.2, 0) is 20.9 Å². The second-order valence-electron chi connectivity index (χ2n) is 6.75. The van der Waals surface area contributed by atoms with Gasteiger partial charge in [-0.15, -0.1) is 0 Å². The average Bonchev–Trinajstić information content (AvgIpc) is 2.60. The zero-order valence-corrected chi connectivity index (χ0v) is 14.1. The summed E-state index contributed by atoms with van der Waals surface area (Å²) in [5.41, 5.74) is 1.14. The zero-order valence-electron chi connectivity index (χ0n) is 14.1. The minimum absolute atomic E-state index is 0.0381. The number of ether oxygens (including phenoxy) is 1. The van der Waals surface area contributed by atoms with Gasteiger partial charge in [0.25, 0.3) is 0 Å². The van der Waals surface area contributed by atoms with Gasteiger partial charge in [-0.2, -0.15) is 0 Å². The van der Waals surface area contributed by atoms with E-state index in [2.05, 4.69) is 10.2 Å². The van der Waals surface area contributed by atoms with Crippen LogP contribution in [0.4, 0.5) is 0 Å². The van der Waals surface area contributed by atoms with Crippen LogP contribution in [0.2, 0.25) is 0 Å². The van der Waals surface area contributed by atoms with E-state index in [1.165, 1.54) is 19.3 Å². The third kappa shape index (κ3) is 4.57. The summed E-state index contributed by atoms with van der Waals surface area (Å²) < 4.78 is 5.19. The minimum atomic E-state index is -0.484. The molecule has 1 saturated heterocycles. The lowest BCUT2D eigenvalue weighted by atomic mass is 9.95. The molecule has 0 unspecified atom stereocenters. The van der Waals surface area contributed by atoms with Crippen LogP contribution in [0.25, 0.3) is 0 Å². The van der Waals surface area contributed by atoms with Crippen molar-refractivity contribution in [2.24, 2.45) is 0 Å². The van der Waals surface area contributed by atoms with Crippen LogP contribution in [0, 0.1) is 0 Å². The lowest BCUT2D eigenvalue weighted by molar-refractivity contribution is -0.159. The topological polar surface area (TPSA) is 58.6 Å². The molecule has 1 saturated carbocycles. The highest BCUT2D eigenvalue weighted by Crippen LogP contribution is 2.19. The molecule has 0 spiro atoms. The third-order valence-corrected chi connectivity index (χ3v) is 4.91. The Morgan fingerprint density at radius 2 is 1.92 bits per heavy atom. The summed E-state index contributed by atoms with van der Waals surface area (Å²) in [6, 6.07) is 9.82. The van der Waals surface area contributed by atoms with E-state index in [-0.39, 0.29) is 24.3 Å². The van der Waals surface area contributed by atoms with Gasteiger partial charge in [0.15, 0.2) is 0 Å². The van der Waals surface area contributed by atoms with Gasteiger partial charge in [-0.05, 0) is 18.4 Å². The van der Waals surface area contributed by atoms with Gasteiger partial charge in [-0.3, -0.25) is 14.5 Å². The fraction of sp³-hybridized carbons (Fsp3) is 0.579. The Hall–Kier alpha value is -1.88. The number of carbonyl (C=O) groups is 2. The van der Waals surface area contributed by atoms with Gasteiger partial charge in [0.1, 0.15) is 12.6 Å². The van der Waals surface area contributed by atoms with Crippen molar-refractivity contribution in [2.45, 2.75) is 57.2 Å². The highest BCUT2D eigenvalue weighted by atomic mass is 16.5. The molecular formula is C19H26N2O3. The summed E-state index contributed by atoms with van der Waals surface area (Å²) in [5, 5.41) is 3.10. The van der Waals surface area contributed by atoms with Gasteiger partial charge < -0.3 is 10.1 Å². The van der Waals surface area contributed by atoms with Crippen LogP contribution in [-0.4, -0.2) is 42.0 Å². The summed E-state index contributed by atoms with van der Waals surface area (Å²) in [7, 11) is 0. The number of amides is 1. The Kier molecular flexibility index (Phi) is 5.86. The second-order valence-corrected chi connectivity index (χ2v) is 6.75. The van der Waals surface area contributed by atoms with Gasteiger partial charge in [-0.25, -0.2) is 0 Å². The van der Waals surface area contributed by atoms with E-state index in [0.717, 1.165) is 18.4 Å². The molecule has 130 valence electrons. The Bertz CT molecular complexity index is 555. The molecule has 1 aliphatic carbocycles. The van der Waals surface area contributed by atoms with E-state index in [9.17, 15) is 9.59 Å². The normalized spacial score (nSPS) is 22.8. The van der Waals surface area contributed by atoms with Gasteiger partial charge in [0.05, 0.1) is 6.42 Å². The first-order valence-corrected chi connectivity index (χ1v) is 8.96. The Morgan fingerprint density at radius 3 is 2.67 bits per heavy atom. The van der Waals surface area contributed by atoms with Gasteiger partial charge >= 0.3 is 5.97 Å². The standard InChI is InChI=1S/C19H26N2O3/c22-18(20-16-9-5-2-6-10-16)13-17-19(23)24-12-11-21(17)14-15-7-3-1-4-8-15/h1,3-4,7-8,16-17H,2,5-6,9-14H2,(H,20,22)/t17-/m1/s1. The SMILES string of the molecule is O=C(C[C@@H]1C(=O)OCCN1Cc1ccccc1)NC1CCCCC1. The van der Waals surface area contributed by atoms with E-state index >= 15 is 0 Å². The maximum atomic E-state index is 12.4. The zero-order chi connectivity index (χ0) is 16.8. The van der Waals surface area contributed by atoms with E-state index in [4.69, 9.17) is 4.74 Å². The highest BCUT2D eigenvalue weighted by molar-refractivity contribution is 5.85. The van der Waals surface area contributed by atoms with Crippen LogP contribution >= 0.6 is 0 Å². The molecule has 1 amide bonds. The van der Waals surface area contributed by atoms with Crippen LogP contribution in [0.3, 0.4) is 0 Å². The van der Waals surface area contributed by atoms with Crippen molar-refractivity contribution < 1.29 is 14.3 Å². The Balaban J connectivity index is 1.59. The highest BCUT2D eigenvalue weighted by Gasteiger charge is 2.33. The fourth-order valence-electron chi connectivity index (χ4n) is 3.59. The molecule has 3 rings (SSSR count). The molecule has 0 bridgehead atoms. The second kappa shape index (κ2) is 8.29. The predicted molar refractivity (Wildman–Crippen MR) is 91.2 cm³/mol. The summed E-state index contributed by atoms with van der Waals surface area (Å²) in [5.74, 6) is -0.320. The molecule has 1 atom stereocenters. The van der Waals surface area contributed by atoms with Crippen LogP contribution in [0.15, 0.2) is 30.3 Å². The molecule has 1 aliphatic heterocycles. The first kappa shape index (κ1) is 17.0. The van der Waals surface area contributed by atoms with Crippen molar-refractivity contribution in [1.29, 1.82) is 0 Å². The summed E-state index contributed by atoms with van der Waals surface area (Å²) >= 11 is 0. The Labute approximate surface area is 143 Å². The van der Waals surface area contributed by atoms with Crippen LogP contribution in [0.5, 0.6) is 0 Å². The average molecular weight is 330 g/mol. The largest absolute Gasteiger partial charge is 0.463 e. The number of nitrogens with zero attached hydrogens (tertiary/aromatic N) is 1. The van der Waals surface area contributed by atoms with Crippen LogP contribution in [0.1, 0.15) is 44.1 Å². The molecule has 1 N–H and O–H groups in total. The molecule has 1 aromatic rings. The molecule has 0 aromatic heterocycles. The number of hydrogen-bond acceptors (Lipinski definition) is 4. The van der Waals surface area contributed by atoms with Crippen LogP contribution < -0.4 is 5.32 Å². The summed E-state index contributed by atoms with van der Waals surface area (Å²) in [6.45, 7) is 1.73. The van der Waals surface area contributed by atoms with E-state index < -0.39 is 6.04 Å². The summed E-state index contributed by atoms with van der Waals surface area (Å²) in [4.78, 5) is 26.6. The minimum Gasteiger partial charge on any atom is -0.463 e. The van der Waals surface area contributed by atoms with Crippen molar-refractivity contribution in [2.75, 3.05) is 13.2 Å². The third-order valence-electron chi connectivity index (χ3n) is 4.91. The predicted octanol–water partition coefficient (Wildman–Crippen LogP) is 2.25. The van der Waals surface area contributed by atoms with Gasteiger partial charge in [-0.1, -0.05) is 49.6 Å².